The maximum atomic E-state index is 12.0. The van der Waals surface area contributed by atoms with E-state index >= 15 is 0 Å². The van der Waals surface area contributed by atoms with Gasteiger partial charge in [0.1, 0.15) is 0 Å². The Hall–Kier alpha value is -0.440. The fourth-order valence-electron chi connectivity index (χ4n) is 2.06. The third kappa shape index (κ3) is 2.32. The second-order valence-corrected chi connectivity index (χ2v) is 5.14. The lowest BCUT2D eigenvalue weighted by molar-refractivity contribution is -0.135. The molecule has 14 heavy (non-hydrogen) atoms. The van der Waals surface area contributed by atoms with Crippen molar-refractivity contribution in [1.29, 1.82) is 0 Å². The Morgan fingerprint density at radius 1 is 1.29 bits per heavy atom. The van der Waals surface area contributed by atoms with Crippen LogP contribution in [-0.2, 0) is 4.79 Å². The quantitative estimate of drug-likeness (QED) is 0.618. The van der Waals surface area contributed by atoms with E-state index in [9.17, 15) is 4.79 Å². The molecule has 0 aromatic rings. The Morgan fingerprint density at radius 3 is 2.71 bits per heavy atom. The molecule has 1 aliphatic heterocycles. The molecule has 0 aromatic carbocycles. The summed E-state index contributed by atoms with van der Waals surface area (Å²) in [4.78, 5) is 14.1. The lowest BCUT2D eigenvalue weighted by atomic mass is 9.93. The van der Waals surface area contributed by atoms with Gasteiger partial charge in [-0.1, -0.05) is 12.2 Å². The second-order valence-electron chi connectivity index (χ2n) is 3.92. The van der Waals surface area contributed by atoms with Crippen molar-refractivity contribution in [3.63, 3.8) is 0 Å². The van der Waals surface area contributed by atoms with Crippen LogP contribution in [0.1, 0.15) is 19.3 Å². The molecule has 2 rings (SSSR count). The molecule has 1 heterocycles. The predicted octanol–water partition coefficient (Wildman–Crippen LogP) is 1.92. The molecule has 0 saturated carbocycles. The number of rotatable bonds is 1. The van der Waals surface area contributed by atoms with Crippen molar-refractivity contribution >= 4 is 17.7 Å². The highest BCUT2D eigenvalue weighted by Crippen LogP contribution is 2.22. The van der Waals surface area contributed by atoms with Crippen molar-refractivity contribution in [3.8, 4) is 0 Å². The maximum absolute atomic E-state index is 12.0. The van der Waals surface area contributed by atoms with Crippen LogP contribution in [0.2, 0.25) is 0 Å². The van der Waals surface area contributed by atoms with Crippen LogP contribution in [0, 0.1) is 5.92 Å². The van der Waals surface area contributed by atoms with Gasteiger partial charge in [0, 0.05) is 30.5 Å². The number of hydrogen-bond donors (Lipinski definition) is 0. The van der Waals surface area contributed by atoms with Gasteiger partial charge in [-0.05, 0) is 19.3 Å². The highest BCUT2D eigenvalue weighted by molar-refractivity contribution is 7.99. The summed E-state index contributed by atoms with van der Waals surface area (Å²) in [6.07, 6.45) is 7.45. The molecule has 0 spiro atoms. The smallest absolute Gasteiger partial charge is 0.226 e. The van der Waals surface area contributed by atoms with Crippen LogP contribution < -0.4 is 0 Å². The van der Waals surface area contributed by atoms with Crippen LogP contribution in [0.25, 0.3) is 0 Å². The van der Waals surface area contributed by atoms with Crippen molar-refractivity contribution in [1.82, 2.24) is 4.90 Å². The van der Waals surface area contributed by atoms with Crippen molar-refractivity contribution < 1.29 is 4.79 Å². The lowest BCUT2D eigenvalue weighted by Crippen LogP contribution is -2.41. The third-order valence-corrected chi connectivity index (χ3v) is 3.88. The molecule has 1 saturated heterocycles. The Labute approximate surface area is 89.7 Å². The zero-order valence-electron chi connectivity index (χ0n) is 8.45. The molecule has 2 nitrogen and oxygen atoms in total. The minimum atomic E-state index is 0.281. The first-order valence-corrected chi connectivity index (χ1v) is 6.55. The predicted molar refractivity (Wildman–Crippen MR) is 60.4 cm³/mol. The Bertz CT molecular complexity index is 233. The summed E-state index contributed by atoms with van der Waals surface area (Å²) in [5, 5.41) is 0. The van der Waals surface area contributed by atoms with E-state index in [1.54, 1.807) is 0 Å². The number of allylic oxidation sites excluding steroid dienone is 2. The van der Waals surface area contributed by atoms with E-state index in [1.807, 2.05) is 11.8 Å². The molecule has 78 valence electrons. The number of amides is 1. The molecule has 1 atom stereocenters. The van der Waals surface area contributed by atoms with Gasteiger partial charge in [-0.3, -0.25) is 4.79 Å². The molecule has 0 aromatic heterocycles. The van der Waals surface area contributed by atoms with E-state index in [4.69, 9.17) is 0 Å². The van der Waals surface area contributed by atoms with Gasteiger partial charge in [0.15, 0.2) is 0 Å². The summed E-state index contributed by atoms with van der Waals surface area (Å²) in [5.41, 5.74) is 0. The molecule has 1 fully saturated rings. The van der Waals surface area contributed by atoms with Crippen LogP contribution in [0.3, 0.4) is 0 Å². The van der Waals surface area contributed by atoms with E-state index in [0.29, 0.717) is 5.91 Å². The average molecular weight is 211 g/mol. The Kier molecular flexibility index (Phi) is 3.51. The van der Waals surface area contributed by atoms with Gasteiger partial charge >= 0.3 is 0 Å². The highest BCUT2D eigenvalue weighted by Gasteiger charge is 2.25. The molecule has 1 unspecified atom stereocenters. The molecule has 3 heteroatoms. The van der Waals surface area contributed by atoms with Crippen molar-refractivity contribution in [3.05, 3.63) is 12.2 Å². The minimum absolute atomic E-state index is 0.281. The molecule has 1 amide bonds. The van der Waals surface area contributed by atoms with E-state index in [0.717, 1.165) is 43.9 Å². The van der Waals surface area contributed by atoms with Crippen LogP contribution >= 0.6 is 11.8 Å². The summed E-state index contributed by atoms with van der Waals surface area (Å²) >= 11 is 1.95. The van der Waals surface area contributed by atoms with Gasteiger partial charge < -0.3 is 4.90 Å². The molecule has 2 aliphatic rings. The molecule has 1 aliphatic carbocycles. The minimum Gasteiger partial charge on any atom is -0.341 e. The van der Waals surface area contributed by atoms with Crippen molar-refractivity contribution in [2.75, 3.05) is 24.6 Å². The first kappa shape index (κ1) is 10.1. The number of hydrogen-bond acceptors (Lipinski definition) is 2. The normalized spacial score (nSPS) is 27.7. The molecule has 0 bridgehead atoms. The number of thioether (sulfide) groups is 1. The van der Waals surface area contributed by atoms with E-state index < -0.39 is 0 Å². The van der Waals surface area contributed by atoms with E-state index in [-0.39, 0.29) is 5.92 Å². The zero-order valence-corrected chi connectivity index (χ0v) is 9.26. The highest BCUT2D eigenvalue weighted by atomic mass is 32.2. The topological polar surface area (TPSA) is 20.3 Å². The van der Waals surface area contributed by atoms with Crippen LogP contribution in [0.15, 0.2) is 12.2 Å². The average Bonchev–Trinajstić information content (AvgIpc) is 2.30. The zero-order chi connectivity index (χ0) is 9.80. The third-order valence-electron chi connectivity index (χ3n) is 2.94. The van der Waals surface area contributed by atoms with Crippen molar-refractivity contribution in [2.45, 2.75) is 19.3 Å². The number of carbonyl (C=O) groups excluding carboxylic acids is 1. The lowest BCUT2D eigenvalue weighted by Gasteiger charge is -2.30. The Balaban J connectivity index is 1.89. The maximum Gasteiger partial charge on any atom is 0.226 e. The van der Waals surface area contributed by atoms with E-state index in [2.05, 4.69) is 17.1 Å². The summed E-state index contributed by atoms with van der Waals surface area (Å²) in [6, 6.07) is 0. The summed E-state index contributed by atoms with van der Waals surface area (Å²) in [6.45, 7) is 1.92. The first-order chi connectivity index (χ1) is 6.88. The van der Waals surface area contributed by atoms with Gasteiger partial charge in [0.25, 0.3) is 0 Å². The van der Waals surface area contributed by atoms with Gasteiger partial charge in [0.2, 0.25) is 5.91 Å². The number of carbonyl (C=O) groups is 1. The largest absolute Gasteiger partial charge is 0.341 e. The van der Waals surface area contributed by atoms with Gasteiger partial charge in [-0.15, -0.1) is 0 Å². The number of nitrogens with zero attached hydrogens (tertiary/aromatic N) is 1. The summed E-state index contributed by atoms with van der Waals surface area (Å²) in [5.74, 6) is 2.92. The molecule has 0 radical (unpaired) electrons. The van der Waals surface area contributed by atoms with E-state index in [1.165, 1.54) is 0 Å². The van der Waals surface area contributed by atoms with Gasteiger partial charge in [0.05, 0.1) is 0 Å². The standard InChI is InChI=1S/C11H17NOS/c13-11(10-4-2-1-3-5-10)12-6-8-14-9-7-12/h1-2,10H,3-9H2. The SMILES string of the molecule is O=C(C1CC=CCC1)N1CCSCC1. The van der Waals surface area contributed by atoms with Crippen LogP contribution in [0.4, 0.5) is 0 Å². The fourth-order valence-corrected chi connectivity index (χ4v) is 2.96. The van der Waals surface area contributed by atoms with Crippen LogP contribution in [0.5, 0.6) is 0 Å². The fraction of sp³-hybridized carbons (Fsp3) is 0.727. The monoisotopic (exact) mass is 211 g/mol. The van der Waals surface area contributed by atoms with Gasteiger partial charge in [-0.2, -0.15) is 11.8 Å². The van der Waals surface area contributed by atoms with Crippen LogP contribution in [-0.4, -0.2) is 35.4 Å². The molecule has 0 N–H and O–H groups in total. The van der Waals surface area contributed by atoms with Crippen molar-refractivity contribution in [2.24, 2.45) is 5.92 Å². The Morgan fingerprint density at radius 2 is 2.07 bits per heavy atom. The second kappa shape index (κ2) is 4.87. The molecular formula is C11H17NOS. The summed E-state index contributed by atoms with van der Waals surface area (Å²) < 4.78 is 0. The van der Waals surface area contributed by atoms with Gasteiger partial charge in [-0.25, -0.2) is 0 Å². The summed E-state index contributed by atoms with van der Waals surface area (Å²) in [7, 11) is 0. The first-order valence-electron chi connectivity index (χ1n) is 5.39. The molecular weight excluding hydrogens is 194 g/mol.